The molecule has 0 atom stereocenters. The summed E-state index contributed by atoms with van der Waals surface area (Å²) in [7, 11) is 0. The van der Waals surface area contributed by atoms with Crippen molar-refractivity contribution in [3.8, 4) is 22.5 Å². The van der Waals surface area contributed by atoms with Crippen LogP contribution in [0.25, 0.3) is 50.1 Å². The maximum absolute atomic E-state index is 12.5. The van der Waals surface area contributed by atoms with Crippen molar-refractivity contribution in [1.29, 1.82) is 0 Å². The Balaban J connectivity index is 1.37. The zero-order chi connectivity index (χ0) is 23.9. The first-order valence-electron chi connectivity index (χ1n) is 10.8. The Hall–Kier alpha value is -4.73. The van der Waals surface area contributed by atoms with E-state index in [-0.39, 0.29) is 5.69 Å². The van der Waals surface area contributed by atoms with E-state index in [1.54, 1.807) is 29.1 Å². The molecular weight excluding hydrogens is 452 g/mol. The standard InChI is InChI=1S/C25H17F2N7O/c26-21(27)12-32-25(35)20-11-29-22-6-4-16(13-34(20)22)17-9-31-24-18(17)10-30-23(33-24)15-3-5-19-14(8-15)2-1-7-28-19/h1-11,13,21H,12H2,(H,32,35)(H,30,31,33). The van der Waals surface area contributed by atoms with Gasteiger partial charge in [-0.05, 0) is 36.4 Å². The molecule has 0 aliphatic carbocycles. The lowest BCUT2D eigenvalue weighted by molar-refractivity contribution is 0.0886. The molecule has 0 saturated carbocycles. The summed E-state index contributed by atoms with van der Waals surface area (Å²) in [6.07, 6.45) is 5.81. The van der Waals surface area contributed by atoms with Crippen LogP contribution in [0, 0.1) is 0 Å². The second kappa shape index (κ2) is 8.24. The van der Waals surface area contributed by atoms with E-state index in [1.165, 1.54) is 6.20 Å². The number of aromatic nitrogens is 6. The second-order valence-corrected chi connectivity index (χ2v) is 7.96. The predicted octanol–water partition coefficient (Wildman–Crippen LogP) is 4.48. The van der Waals surface area contributed by atoms with Gasteiger partial charge in [-0.25, -0.2) is 23.7 Å². The van der Waals surface area contributed by atoms with Gasteiger partial charge >= 0.3 is 0 Å². The molecule has 5 heterocycles. The fraction of sp³-hybridized carbons (Fsp3) is 0.0800. The average molecular weight is 469 g/mol. The average Bonchev–Trinajstić information content (AvgIpc) is 3.50. The molecule has 10 heteroatoms. The van der Waals surface area contributed by atoms with Crippen LogP contribution < -0.4 is 5.32 Å². The molecule has 0 bridgehead atoms. The number of nitrogens with zero attached hydrogens (tertiary/aromatic N) is 5. The minimum absolute atomic E-state index is 0.173. The van der Waals surface area contributed by atoms with E-state index in [4.69, 9.17) is 4.98 Å². The van der Waals surface area contributed by atoms with Gasteiger partial charge in [0, 0.05) is 52.3 Å². The SMILES string of the molecule is O=C(NCC(F)F)c1cnc2ccc(-c3c[nH]c4nc(-c5ccc6ncccc6c5)ncc34)cn12. The number of alkyl halides is 2. The van der Waals surface area contributed by atoms with Gasteiger partial charge in [0.05, 0.1) is 18.3 Å². The highest BCUT2D eigenvalue weighted by Gasteiger charge is 2.16. The minimum Gasteiger partial charge on any atom is -0.345 e. The highest BCUT2D eigenvalue weighted by atomic mass is 19.3. The molecule has 172 valence electrons. The summed E-state index contributed by atoms with van der Waals surface area (Å²) >= 11 is 0. The zero-order valence-electron chi connectivity index (χ0n) is 18.1. The van der Waals surface area contributed by atoms with E-state index in [0.717, 1.165) is 33.0 Å². The number of rotatable bonds is 5. The zero-order valence-corrected chi connectivity index (χ0v) is 18.1. The van der Waals surface area contributed by atoms with Crippen molar-refractivity contribution in [3.05, 3.63) is 79.1 Å². The van der Waals surface area contributed by atoms with Crippen LogP contribution in [0.3, 0.4) is 0 Å². The first-order valence-corrected chi connectivity index (χ1v) is 10.8. The largest absolute Gasteiger partial charge is 0.345 e. The van der Waals surface area contributed by atoms with Gasteiger partial charge in [0.15, 0.2) is 5.82 Å². The Bertz CT molecular complexity index is 1720. The summed E-state index contributed by atoms with van der Waals surface area (Å²) in [5.41, 5.74) is 4.77. The molecule has 1 amide bonds. The molecule has 2 N–H and O–H groups in total. The van der Waals surface area contributed by atoms with Crippen LogP contribution in [0.5, 0.6) is 0 Å². The van der Waals surface area contributed by atoms with E-state index >= 15 is 0 Å². The van der Waals surface area contributed by atoms with Gasteiger partial charge < -0.3 is 10.3 Å². The summed E-state index contributed by atoms with van der Waals surface area (Å²) in [5, 5.41) is 4.02. The number of hydrogen-bond donors (Lipinski definition) is 2. The topological polar surface area (TPSA) is 101 Å². The Kier molecular flexibility index (Phi) is 4.91. The molecule has 0 fully saturated rings. The molecule has 0 aliphatic heterocycles. The molecule has 6 aromatic rings. The van der Waals surface area contributed by atoms with Crippen LogP contribution in [-0.2, 0) is 0 Å². The Labute approximate surface area is 196 Å². The molecule has 1 aromatic carbocycles. The number of carbonyl (C=O) groups excluding carboxylic acids is 1. The highest BCUT2D eigenvalue weighted by molar-refractivity contribution is 5.95. The van der Waals surface area contributed by atoms with E-state index in [9.17, 15) is 13.6 Å². The van der Waals surface area contributed by atoms with Crippen molar-refractivity contribution < 1.29 is 13.6 Å². The molecule has 0 radical (unpaired) electrons. The van der Waals surface area contributed by atoms with Crippen molar-refractivity contribution >= 4 is 33.5 Å². The quantitative estimate of drug-likeness (QED) is 0.388. The number of hydrogen-bond acceptors (Lipinski definition) is 5. The third kappa shape index (κ3) is 3.74. The van der Waals surface area contributed by atoms with Crippen molar-refractivity contribution in [2.45, 2.75) is 6.43 Å². The van der Waals surface area contributed by atoms with Crippen molar-refractivity contribution in [2.24, 2.45) is 0 Å². The van der Waals surface area contributed by atoms with Crippen molar-refractivity contribution in [3.63, 3.8) is 0 Å². The molecule has 0 unspecified atom stereocenters. The van der Waals surface area contributed by atoms with Gasteiger partial charge in [0.1, 0.15) is 17.0 Å². The number of pyridine rings is 2. The van der Waals surface area contributed by atoms with Gasteiger partial charge in [-0.3, -0.25) is 14.2 Å². The number of imidazole rings is 1. The van der Waals surface area contributed by atoms with Gasteiger partial charge in [0.2, 0.25) is 0 Å². The first kappa shape index (κ1) is 20.8. The van der Waals surface area contributed by atoms with E-state index in [1.807, 2.05) is 42.6 Å². The molecule has 5 aromatic heterocycles. The summed E-state index contributed by atoms with van der Waals surface area (Å²) in [6.45, 7) is -0.721. The van der Waals surface area contributed by atoms with Crippen LogP contribution in [0.15, 0.2) is 73.4 Å². The number of aromatic amines is 1. The number of benzene rings is 1. The summed E-state index contributed by atoms with van der Waals surface area (Å²) in [4.78, 5) is 33.4. The summed E-state index contributed by atoms with van der Waals surface area (Å²) < 4.78 is 26.6. The van der Waals surface area contributed by atoms with E-state index < -0.39 is 18.9 Å². The lowest BCUT2D eigenvalue weighted by Gasteiger charge is -2.06. The Morgan fingerprint density at radius 2 is 1.94 bits per heavy atom. The summed E-state index contributed by atoms with van der Waals surface area (Å²) in [5.74, 6) is -0.0351. The molecule has 0 saturated heterocycles. The lowest BCUT2D eigenvalue weighted by Crippen LogP contribution is -2.29. The number of fused-ring (bicyclic) bond motifs is 3. The molecule has 0 aliphatic rings. The predicted molar refractivity (Wildman–Crippen MR) is 127 cm³/mol. The number of carbonyl (C=O) groups is 1. The van der Waals surface area contributed by atoms with Gasteiger partial charge in [-0.2, -0.15) is 0 Å². The number of H-pyrrole nitrogens is 1. The maximum atomic E-state index is 12.5. The lowest BCUT2D eigenvalue weighted by atomic mass is 10.1. The van der Waals surface area contributed by atoms with E-state index in [0.29, 0.717) is 17.1 Å². The summed E-state index contributed by atoms with van der Waals surface area (Å²) in [6, 6.07) is 13.4. The van der Waals surface area contributed by atoms with Crippen molar-refractivity contribution in [2.75, 3.05) is 6.54 Å². The molecule has 6 rings (SSSR count). The molecule has 35 heavy (non-hydrogen) atoms. The smallest absolute Gasteiger partial charge is 0.270 e. The molecule has 8 nitrogen and oxygen atoms in total. The monoisotopic (exact) mass is 469 g/mol. The van der Waals surface area contributed by atoms with Gasteiger partial charge in [0.25, 0.3) is 12.3 Å². The maximum Gasteiger partial charge on any atom is 0.270 e. The number of amides is 1. The second-order valence-electron chi connectivity index (χ2n) is 7.96. The third-order valence-electron chi connectivity index (χ3n) is 5.76. The number of nitrogens with one attached hydrogen (secondary N) is 2. The number of halogens is 2. The Morgan fingerprint density at radius 3 is 2.83 bits per heavy atom. The van der Waals surface area contributed by atoms with E-state index in [2.05, 4.69) is 25.3 Å². The van der Waals surface area contributed by atoms with Crippen LogP contribution in [0.2, 0.25) is 0 Å². The van der Waals surface area contributed by atoms with Crippen LogP contribution in [-0.4, -0.2) is 48.2 Å². The normalized spacial score (nSPS) is 11.6. The van der Waals surface area contributed by atoms with Crippen molar-refractivity contribution in [1.82, 2.24) is 34.6 Å². The third-order valence-corrected chi connectivity index (χ3v) is 5.76. The first-order chi connectivity index (χ1) is 17.1. The van der Waals surface area contributed by atoms with Crippen LogP contribution >= 0.6 is 0 Å². The highest BCUT2D eigenvalue weighted by Crippen LogP contribution is 2.30. The molecule has 0 spiro atoms. The van der Waals surface area contributed by atoms with Gasteiger partial charge in [-0.1, -0.05) is 6.07 Å². The Morgan fingerprint density at radius 1 is 1.06 bits per heavy atom. The fourth-order valence-corrected chi connectivity index (χ4v) is 4.07. The molecular formula is C25H17F2N7O. The van der Waals surface area contributed by atoms with Gasteiger partial charge in [-0.15, -0.1) is 0 Å². The van der Waals surface area contributed by atoms with Crippen LogP contribution in [0.4, 0.5) is 8.78 Å². The minimum atomic E-state index is -2.63. The fourth-order valence-electron chi connectivity index (χ4n) is 4.07. The van der Waals surface area contributed by atoms with Crippen LogP contribution in [0.1, 0.15) is 10.5 Å².